The van der Waals surface area contributed by atoms with E-state index in [1.165, 1.54) is 11.8 Å². The van der Waals surface area contributed by atoms with Gasteiger partial charge in [-0.25, -0.2) is 4.98 Å². The number of nitriles is 1. The van der Waals surface area contributed by atoms with E-state index in [1.807, 2.05) is 18.2 Å². The van der Waals surface area contributed by atoms with Crippen LogP contribution in [-0.2, 0) is 0 Å². The summed E-state index contributed by atoms with van der Waals surface area (Å²) < 4.78 is 0.946. The predicted molar refractivity (Wildman–Crippen MR) is 56.2 cm³/mol. The summed E-state index contributed by atoms with van der Waals surface area (Å²) in [7, 11) is 0. The number of hydrogen-bond donors (Lipinski definition) is 1. The van der Waals surface area contributed by atoms with Crippen LogP contribution in [0, 0.1) is 11.3 Å². The van der Waals surface area contributed by atoms with Crippen molar-refractivity contribution in [1.82, 2.24) is 4.98 Å². The maximum atomic E-state index is 8.44. The topological polar surface area (TPSA) is 62.7 Å². The van der Waals surface area contributed by atoms with Gasteiger partial charge in [-0.3, -0.25) is 0 Å². The molecule has 0 spiro atoms. The molecule has 3 nitrogen and oxygen atoms in total. The zero-order valence-corrected chi connectivity index (χ0v) is 9.18. The largest absolute Gasteiger partial charge is 0.315 e. The normalized spacial score (nSPS) is 12.1. The summed E-state index contributed by atoms with van der Waals surface area (Å²) in [4.78, 5) is 4.14. The summed E-state index contributed by atoms with van der Waals surface area (Å²) in [5, 5.41) is 9.32. The van der Waals surface area contributed by atoms with Gasteiger partial charge in [0.15, 0.2) is 0 Å². The van der Waals surface area contributed by atoms with Crippen LogP contribution in [0.15, 0.2) is 27.8 Å². The molecule has 0 saturated carbocycles. The van der Waals surface area contributed by atoms with Gasteiger partial charge in [0.1, 0.15) is 6.04 Å². The number of pyridine rings is 1. The summed E-state index contributed by atoms with van der Waals surface area (Å²) >= 11 is 4.77. The van der Waals surface area contributed by atoms with Gasteiger partial charge < -0.3 is 5.73 Å². The first-order valence-corrected chi connectivity index (χ1v) is 5.40. The fraction of sp³-hybridized carbons (Fsp3) is 0.250. The minimum absolute atomic E-state index is 0.421. The van der Waals surface area contributed by atoms with Crippen molar-refractivity contribution in [2.45, 2.75) is 11.1 Å². The third-order valence-electron chi connectivity index (χ3n) is 1.28. The Hall–Kier alpha value is -0.570. The van der Waals surface area contributed by atoms with Gasteiger partial charge in [-0.05, 0) is 28.1 Å². The third kappa shape index (κ3) is 3.77. The Balaban J connectivity index is 2.47. The van der Waals surface area contributed by atoms with Crippen molar-refractivity contribution in [2.24, 2.45) is 5.73 Å². The molecule has 0 aliphatic heterocycles. The molecular weight excluding hydrogens is 250 g/mol. The lowest BCUT2D eigenvalue weighted by Crippen LogP contribution is -2.19. The highest BCUT2D eigenvalue weighted by molar-refractivity contribution is 9.10. The second kappa shape index (κ2) is 5.22. The quantitative estimate of drug-likeness (QED) is 0.839. The lowest BCUT2D eigenvalue weighted by Gasteiger charge is -2.01. The highest BCUT2D eigenvalue weighted by Gasteiger charge is 2.01. The number of thioether (sulfide) groups is 1. The second-order valence-corrected chi connectivity index (χ2v) is 4.32. The van der Waals surface area contributed by atoms with E-state index in [2.05, 4.69) is 20.9 Å². The van der Waals surface area contributed by atoms with Crippen LogP contribution in [0.2, 0.25) is 0 Å². The molecule has 0 radical (unpaired) electrons. The fourth-order valence-electron chi connectivity index (χ4n) is 0.660. The molecule has 1 heterocycles. The van der Waals surface area contributed by atoms with Crippen LogP contribution < -0.4 is 5.73 Å². The number of hydrogen-bond acceptors (Lipinski definition) is 4. The standard InChI is InChI=1S/C8H8BrN3S/c9-6-1-2-8(12-4-6)13-5-7(11)3-10/h1-2,4,7H,5,11H2. The Kier molecular flexibility index (Phi) is 4.22. The Bertz CT molecular complexity index is 306. The molecule has 68 valence electrons. The molecular formula is C8H8BrN3S. The highest BCUT2D eigenvalue weighted by atomic mass is 79.9. The van der Waals surface area contributed by atoms with Crippen LogP contribution in [0.5, 0.6) is 0 Å². The van der Waals surface area contributed by atoms with Crippen LogP contribution in [0.1, 0.15) is 0 Å². The minimum atomic E-state index is -0.421. The van der Waals surface area contributed by atoms with E-state index in [9.17, 15) is 0 Å². The van der Waals surface area contributed by atoms with Gasteiger partial charge in [-0.1, -0.05) is 0 Å². The highest BCUT2D eigenvalue weighted by Crippen LogP contribution is 2.17. The first-order valence-electron chi connectivity index (χ1n) is 3.62. The van der Waals surface area contributed by atoms with E-state index in [-0.39, 0.29) is 0 Å². The molecule has 2 N–H and O–H groups in total. The molecule has 13 heavy (non-hydrogen) atoms. The molecule has 0 amide bonds. The molecule has 0 fully saturated rings. The molecule has 1 unspecified atom stereocenters. The lowest BCUT2D eigenvalue weighted by molar-refractivity contribution is 0.950. The van der Waals surface area contributed by atoms with Gasteiger partial charge in [0.05, 0.1) is 11.1 Å². The number of rotatable bonds is 3. The zero-order chi connectivity index (χ0) is 9.68. The van der Waals surface area contributed by atoms with E-state index >= 15 is 0 Å². The summed E-state index contributed by atoms with van der Waals surface area (Å²) in [5.41, 5.74) is 5.43. The average Bonchev–Trinajstić information content (AvgIpc) is 2.16. The molecule has 5 heteroatoms. The van der Waals surface area contributed by atoms with Crippen molar-refractivity contribution in [1.29, 1.82) is 5.26 Å². The van der Waals surface area contributed by atoms with Crippen LogP contribution in [-0.4, -0.2) is 16.8 Å². The zero-order valence-electron chi connectivity index (χ0n) is 6.77. The van der Waals surface area contributed by atoms with E-state index in [0.29, 0.717) is 5.75 Å². The smallest absolute Gasteiger partial charge is 0.102 e. The average molecular weight is 258 g/mol. The Morgan fingerprint density at radius 3 is 3.00 bits per heavy atom. The van der Waals surface area contributed by atoms with Crippen LogP contribution in [0.3, 0.4) is 0 Å². The van der Waals surface area contributed by atoms with Crippen molar-refractivity contribution in [3.63, 3.8) is 0 Å². The molecule has 1 aromatic heterocycles. The van der Waals surface area contributed by atoms with Gasteiger partial charge in [0.25, 0.3) is 0 Å². The van der Waals surface area contributed by atoms with Crippen molar-refractivity contribution in [2.75, 3.05) is 5.75 Å². The lowest BCUT2D eigenvalue weighted by atomic mass is 10.4. The maximum Gasteiger partial charge on any atom is 0.102 e. The SMILES string of the molecule is N#CC(N)CSc1ccc(Br)cn1. The van der Waals surface area contributed by atoms with Crippen LogP contribution in [0.4, 0.5) is 0 Å². The number of halogens is 1. The van der Waals surface area contributed by atoms with E-state index in [0.717, 1.165) is 9.50 Å². The Labute approximate surface area is 89.5 Å². The maximum absolute atomic E-state index is 8.44. The summed E-state index contributed by atoms with van der Waals surface area (Å²) in [6, 6.07) is 5.34. The molecule has 0 saturated heterocycles. The number of aromatic nitrogens is 1. The summed E-state index contributed by atoms with van der Waals surface area (Å²) in [6.45, 7) is 0. The van der Waals surface area contributed by atoms with Crippen molar-refractivity contribution >= 4 is 27.7 Å². The van der Waals surface area contributed by atoms with E-state index < -0.39 is 6.04 Å². The van der Waals surface area contributed by atoms with Crippen molar-refractivity contribution in [3.8, 4) is 6.07 Å². The number of nitrogens with zero attached hydrogens (tertiary/aromatic N) is 2. The predicted octanol–water partition coefficient (Wildman–Crippen LogP) is 1.79. The molecule has 0 bridgehead atoms. The monoisotopic (exact) mass is 257 g/mol. The molecule has 0 aliphatic rings. The van der Waals surface area contributed by atoms with Gasteiger partial charge in [0.2, 0.25) is 0 Å². The fourth-order valence-corrected chi connectivity index (χ4v) is 1.61. The number of nitrogens with two attached hydrogens (primary N) is 1. The van der Waals surface area contributed by atoms with E-state index in [4.69, 9.17) is 11.0 Å². The van der Waals surface area contributed by atoms with E-state index in [1.54, 1.807) is 6.20 Å². The Morgan fingerprint density at radius 2 is 2.46 bits per heavy atom. The van der Waals surface area contributed by atoms with Gasteiger partial charge in [-0.2, -0.15) is 5.26 Å². The molecule has 1 aromatic rings. The first kappa shape index (κ1) is 10.5. The second-order valence-electron chi connectivity index (χ2n) is 2.36. The van der Waals surface area contributed by atoms with Gasteiger partial charge in [-0.15, -0.1) is 11.8 Å². The molecule has 0 aromatic carbocycles. The molecule has 1 atom stereocenters. The summed E-state index contributed by atoms with van der Waals surface area (Å²) in [5.74, 6) is 0.575. The van der Waals surface area contributed by atoms with Crippen molar-refractivity contribution < 1.29 is 0 Å². The van der Waals surface area contributed by atoms with Crippen LogP contribution in [0.25, 0.3) is 0 Å². The van der Waals surface area contributed by atoms with Gasteiger partial charge in [0, 0.05) is 16.4 Å². The van der Waals surface area contributed by atoms with Crippen LogP contribution >= 0.6 is 27.7 Å². The first-order chi connectivity index (χ1) is 6.22. The molecule has 0 aliphatic carbocycles. The minimum Gasteiger partial charge on any atom is -0.315 e. The van der Waals surface area contributed by atoms with Crippen molar-refractivity contribution in [3.05, 3.63) is 22.8 Å². The Morgan fingerprint density at radius 1 is 1.69 bits per heavy atom. The third-order valence-corrected chi connectivity index (χ3v) is 2.81. The summed E-state index contributed by atoms with van der Waals surface area (Å²) in [6.07, 6.45) is 1.72. The van der Waals surface area contributed by atoms with Gasteiger partial charge >= 0.3 is 0 Å². The molecule has 1 rings (SSSR count).